The molecule has 0 saturated carbocycles. The van der Waals surface area contributed by atoms with Crippen molar-refractivity contribution < 1.29 is 22.3 Å². The number of aromatic nitrogens is 2. The quantitative estimate of drug-likeness (QED) is 0.644. The summed E-state index contributed by atoms with van der Waals surface area (Å²) in [6, 6.07) is 5.64. The van der Waals surface area contributed by atoms with Gasteiger partial charge in [-0.3, -0.25) is 4.79 Å². The van der Waals surface area contributed by atoms with Crippen LogP contribution >= 0.6 is 0 Å². The lowest BCUT2D eigenvalue weighted by Gasteiger charge is -2.40. The highest BCUT2D eigenvalue weighted by atomic mass is 32.2. The molecule has 0 bridgehead atoms. The van der Waals surface area contributed by atoms with Gasteiger partial charge in [-0.2, -0.15) is 0 Å². The van der Waals surface area contributed by atoms with E-state index in [1.165, 1.54) is 19.4 Å². The predicted octanol–water partition coefficient (Wildman–Crippen LogP) is 1.37. The summed E-state index contributed by atoms with van der Waals surface area (Å²) in [6.45, 7) is -0.771. The van der Waals surface area contributed by atoms with Crippen LogP contribution in [0.15, 0.2) is 35.6 Å². The number of hydrogen-bond acceptors (Lipinski definition) is 8. The molecule has 0 saturated heterocycles. The van der Waals surface area contributed by atoms with Gasteiger partial charge in [0.25, 0.3) is 0 Å². The van der Waals surface area contributed by atoms with Crippen molar-refractivity contribution >= 4 is 21.8 Å². The topological polar surface area (TPSA) is 128 Å². The fraction of sp³-hybridized carbons (Fsp3) is 0.429. The Balaban J connectivity index is 1.61. The fourth-order valence-electron chi connectivity index (χ4n) is 4.17. The number of carbonyl (C=O) groups excluding carboxylic acids is 1. The molecular formula is C21H24FN5O4S. The summed E-state index contributed by atoms with van der Waals surface area (Å²) >= 11 is 0. The molecule has 170 valence electrons. The molecule has 0 amide bonds. The Labute approximate surface area is 185 Å². The standard InChI is InChI=1S/C21H24FN5O4S/c1-27-20(23)26-21(13-32(27,29)30)6-2-3-15-5-4-14(9-16(15)21)10-18(28)17-11-25-19(12-24-17)31-8-7-22/h4-5,9,11-12H,2-3,6-8,10,13H2,1H3,(H2,23,26)/t21-/m0/s1. The highest BCUT2D eigenvalue weighted by molar-refractivity contribution is 7.89. The molecule has 1 aliphatic heterocycles. The number of carbonyl (C=O) groups is 1. The number of ether oxygens (including phenoxy) is 1. The Morgan fingerprint density at radius 1 is 1.31 bits per heavy atom. The highest BCUT2D eigenvalue weighted by Gasteiger charge is 2.45. The first kappa shape index (κ1) is 22.1. The van der Waals surface area contributed by atoms with Crippen LogP contribution in [0.25, 0.3) is 0 Å². The molecule has 1 aromatic heterocycles. The SMILES string of the molecule is CN1C(N)=N[C@@]2(CCCc3ccc(CC(=O)c4cnc(OCCF)cn4)cc32)CS1(=O)=O. The van der Waals surface area contributed by atoms with Gasteiger partial charge in [-0.25, -0.2) is 32.1 Å². The van der Waals surface area contributed by atoms with Crippen molar-refractivity contribution in [2.24, 2.45) is 10.7 Å². The number of nitrogens with zero attached hydrogens (tertiary/aromatic N) is 4. The summed E-state index contributed by atoms with van der Waals surface area (Å²) in [4.78, 5) is 25.3. The lowest BCUT2D eigenvalue weighted by molar-refractivity contribution is 0.0987. The molecule has 1 spiro atoms. The van der Waals surface area contributed by atoms with E-state index in [0.717, 1.165) is 33.8 Å². The van der Waals surface area contributed by atoms with Crippen molar-refractivity contribution in [1.82, 2.24) is 14.3 Å². The van der Waals surface area contributed by atoms with E-state index in [9.17, 15) is 17.6 Å². The molecule has 0 fully saturated rings. The third-order valence-electron chi connectivity index (χ3n) is 5.81. The molecule has 2 aliphatic rings. The van der Waals surface area contributed by atoms with E-state index in [0.29, 0.717) is 6.42 Å². The average Bonchev–Trinajstić information content (AvgIpc) is 2.77. The number of rotatable bonds is 6. The monoisotopic (exact) mass is 461 g/mol. The van der Waals surface area contributed by atoms with E-state index >= 15 is 0 Å². The summed E-state index contributed by atoms with van der Waals surface area (Å²) < 4.78 is 43.6. The van der Waals surface area contributed by atoms with Gasteiger partial charge in [-0.05, 0) is 36.0 Å². The van der Waals surface area contributed by atoms with E-state index in [1.54, 1.807) is 0 Å². The van der Waals surface area contributed by atoms with Gasteiger partial charge >= 0.3 is 0 Å². The Bertz CT molecular complexity index is 1170. The zero-order valence-electron chi connectivity index (χ0n) is 17.6. The molecule has 2 heterocycles. The maximum absolute atomic E-state index is 12.7. The second-order valence-corrected chi connectivity index (χ2v) is 9.95. The van der Waals surface area contributed by atoms with Crippen LogP contribution in [0.4, 0.5) is 4.39 Å². The summed E-state index contributed by atoms with van der Waals surface area (Å²) in [5.74, 6) is -0.295. The molecule has 1 aromatic carbocycles. The molecular weight excluding hydrogens is 437 g/mol. The number of halogens is 1. The molecule has 4 rings (SSSR count). The summed E-state index contributed by atoms with van der Waals surface area (Å²) in [5, 5.41) is 0. The first-order valence-electron chi connectivity index (χ1n) is 10.2. The number of fused-ring (bicyclic) bond motifs is 2. The van der Waals surface area contributed by atoms with E-state index < -0.39 is 22.2 Å². The maximum atomic E-state index is 12.7. The molecule has 1 atom stereocenters. The van der Waals surface area contributed by atoms with Gasteiger partial charge in [0.15, 0.2) is 5.78 Å². The number of hydrogen-bond donors (Lipinski definition) is 1. The van der Waals surface area contributed by atoms with Crippen molar-refractivity contribution in [1.29, 1.82) is 0 Å². The van der Waals surface area contributed by atoms with Crippen molar-refractivity contribution in [2.45, 2.75) is 31.2 Å². The van der Waals surface area contributed by atoms with Crippen molar-refractivity contribution in [3.05, 3.63) is 53.0 Å². The van der Waals surface area contributed by atoms with Crippen LogP contribution in [-0.2, 0) is 28.4 Å². The number of aryl methyl sites for hydroxylation is 1. The third-order valence-corrected chi connectivity index (χ3v) is 7.67. The number of guanidine groups is 1. The predicted molar refractivity (Wildman–Crippen MR) is 116 cm³/mol. The minimum absolute atomic E-state index is 0.0316. The van der Waals surface area contributed by atoms with Crippen LogP contribution in [0.5, 0.6) is 5.88 Å². The normalized spacial score (nSPS) is 21.7. The van der Waals surface area contributed by atoms with Crippen LogP contribution < -0.4 is 10.5 Å². The van der Waals surface area contributed by atoms with E-state index in [1.807, 2.05) is 18.2 Å². The number of Topliss-reactive ketones (excluding diaryl/α,β-unsaturated/α-hetero) is 1. The molecule has 11 heteroatoms. The second kappa shape index (κ2) is 8.45. The van der Waals surface area contributed by atoms with Gasteiger partial charge in [-0.15, -0.1) is 0 Å². The number of nitrogens with two attached hydrogens (primary N) is 1. The van der Waals surface area contributed by atoms with E-state index in [4.69, 9.17) is 10.5 Å². The van der Waals surface area contributed by atoms with Crippen LogP contribution in [0.1, 0.15) is 40.0 Å². The first-order valence-corrected chi connectivity index (χ1v) is 11.8. The van der Waals surface area contributed by atoms with Gasteiger partial charge in [0.2, 0.25) is 21.9 Å². The average molecular weight is 462 g/mol. The first-order chi connectivity index (χ1) is 15.2. The zero-order valence-corrected chi connectivity index (χ0v) is 18.4. The van der Waals surface area contributed by atoms with Crippen molar-refractivity contribution in [3.8, 4) is 5.88 Å². The second-order valence-electron chi connectivity index (χ2n) is 7.95. The fourth-order valence-corrected chi connectivity index (χ4v) is 5.66. The van der Waals surface area contributed by atoms with Gasteiger partial charge in [0.1, 0.15) is 24.5 Å². The van der Waals surface area contributed by atoms with Gasteiger partial charge in [0, 0.05) is 13.5 Å². The Morgan fingerprint density at radius 2 is 2.12 bits per heavy atom. The third kappa shape index (κ3) is 4.16. The number of sulfonamides is 1. The summed E-state index contributed by atoms with van der Waals surface area (Å²) in [6.07, 6.45) is 4.82. The van der Waals surface area contributed by atoms with Gasteiger partial charge < -0.3 is 10.5 Å². The van der Waals surface area contributed by atoms with Crippen LogP contribution in [0, 0.1) is 0 Å². The number of aliphatic imine (C=N–C) groups is 1. The lowest BCUT2D eigenvalue weighted by atomic mass is 9.77. The smallest absolute Gasteiger partial charge is 0.239 e. The Kier molecular flexibility index (Phi) is 5.85. The number of benzene rings is 1. The summed E-state index contributed by atoms with van der Waals surface area (Å²) in [7, 11) is -2.20. The van der Waals surface area contributed by atoms with E-state index in [-0.39, 0.29) is 42.1 Å². The van der Waals surface area contributed by atoms with Crippen molar-refractivity contribution in [2.75, 3.05) is 26.1 Å². The molecule has 32 heavy (non-hydrogen) atoms. The Hall–Kier alpha value is -3.08. The molecule has 0 unspecified atom stereocenters. The lowest BCUT2D eigenvalue weighted by Crippen LogP contribution is -2.52. The van der Waals surface area contributed by atoms with Crippen molar-refractivity contribution in [3.63, 3.8) is 0 Å². The number of ketones is 1. The molecule has 0 radical (unpaired) electrons. The van der Waals surface area contributed by atoms with Crippen LogP contribution in [0.2, 0.25) is 0 Å². The minimum Gasteiger partial charge on any atom is -0.474 e. The Morgan fingerprint density at radius 3 is 2.81 bits per heavy atom. The number of alkyl halides is 1. The van der Waals surface area contributed by atoms with E-state index in [2.05, 4.69) is 15.0 Å². The maximum Gasteiger partial charge on any atom is 0.239 e. The highest BCUT2D eigenvalue weighted by Crippen LogP contribution is 2.42. The molecule has 9 nitrogen and oxygen atoms in total. The van der Waals surface area contributed by atoms with Gasteiger partial charge in [0.05, 0.1) is 18.1 Å². The van der Waals surface area contributed by atoms with Crippen LogP contribution in [0.3, 0.4) is 0 Å². The summed E-state index contributed by atoms with van der Waals surface area (Å²) in [5.41, 5.74) is 7.70. The molecule has 2 N–H and O–H groups in total. The largest absolute Gasteiger partial charge is 0.474 e. The molecule has 1 aliphatic carbocycles. The molecule has 2 aromatic rings. The van der Waals surface area contributed by atoms with Crippen LogP contribution in [-0.4, -0.2) is 60.5 Å². The van der Waals surface area contributed by atoms with Gasteiger partial charge in [-0.1, -0.05) is 18.2 Å². The zero-order chi connectivity index (χ0) is 22.9. The minimum atomic E-state index is -3.59.